The van der Waals surface area contributed by atoms with Crippen LogP contribution in [0.3, 0.4) is 0 Å². The van der Waals surface area contributed by atoms with Crippen LogP contribution in [-0.4, -0.2) is 80.6 Å². The van der Waals surface area contributed by atoms with E-state index in [0.717, 1.165) is 21.8 Å². The summed E-state index contributed by atoms with van der Waals surface area (Å²) in [5.74, 6) is -5.17. The molecule has 0 saturated heterocycles. The molecule has 0 radical (unpaired) electrons. The van der Waals surface area contributed by atoms with Crippen molar-refractivity contribution in [2.45, 2.75) is 62.7 Å². The number of hydrogen-bond acceptors (Lipinski definition) is 7. The summed E-state index contributed by atoms with van der Waals surface area (Å²) in [6, 6.07) is 9.37. The van der Waals surface area contributed by atoms with Crippen molar-refractivity contribution in [3.8, 4) is 0 Å². The minimum Gasteiger partial charge on any atom is -0.481 e. The molecule has 3 amide bonds. The number of unbranched alkanes of at least 4 members (excludes halogenated alkanes) is 1. The van der Waals surface area contributed by atoms with Crippen LogP contribution in [0.4, 0.5) is 0 Å². The SMILES string of the molecule is NCCCCC(N)C(=O)NC(Cc1c[nH]c2ccccc12)C(=O)NC(CC(=O)O)C(=O)NC(Cc1c[nH]c2ccccc12)C(=O)O. The normalized spacial score (nSPS) is 13.9. The largest absolute Gasteiger partial charge is 0.481 e. The van der Waals surface area contributed by atoms with Crippen molar-refractivity contribution in [2.75, 3.05) is 6.54 Å². The average Bonchev–Trinajstić information content (AvgIpc) is 3.63. The Morgan fingerprint density at radius 1 is 0.696 bits per heavy atom. The lowest BCUT2D eigenvalue weighted by Gasteiger charge is -2.24. The summed E-state index contributed by atoms with van der Waals surface area (Å²) in [4.78, 5) is 70.0. The van der Waals surface area contributed by atoms with Gasteiger partial charge in [-0.3, -0.25) is 19.2 Å². The van der Waals surface area contributed by atoms with Crippen LogP contribution >= 0.6 is 0 Å². The van der Waals surface area contributed by atoms with Crippen molar-refractivity contribution in [2.24, 2.45) is 11.5 Å². The molecule has 4 atom stereocenters. The van der Waals surface area contributed by atoms with Gasteiger partial charge in [-0.05, 0) is 42.6 Å². The maximum Gasteiger partial charge on any atom is 0.326 e. The number of aromatic nitrogens is 2. The number of nitrogens with two attached hydrogens (primary N) is 2. The van der Waals surface area contributed by atoms with E-state index in [1.54, 1.807) is 18.5 Å². The fraction of sp³-hybridized carbons (Fsp3) is 0.344. The molecule has 14 heteroatoms. The first-order chi connectivity index (χ1) is 22.1. The Balaban J connectivity index is 1.53. The molecular weight excluding hydrogens is 594 g/mol. The molecule has 2 heterocycles. The molecule has 0 saturated carbocycles. The molecule has 0 fully saturated rings. The second-order valence-corrected chi connectivity index (χ2v) is 11.1. The van der Waals surface area contributed by atoms with Crippen LogP contribution in [0.1, 0.15) is 36.8 Å². The number of amides is 3. The molecule has 0 bridgehead atoms. The number of para-hydroxylation sites is 2. The monoisotopic (exact) mass is 633 g/mol. The Morgan fingerprint density at radius 2 is 1.20 bits per heavy atom. The van der Waals surface area contributed by atoms with E-state index in [9.17, 15) is 34.2 Å². The first-order valence-corrected chi connectivity index (χ1v) is 15.0. The van der Waals surface area contributed by atoms with Gasteiger partial charge in [-0.1, -0.05) is 42.8 Å². The third-order valence-electron chi connectivity index (χ3n) is 7.76. The highest BCUT2D eigenvalue weighted by Gasteiger charge is 2.32. The van der Waals surface area contributed by atoms with Crippen LogP contribution in [-0.2, 0) is 36.8 Å². The minimum absolute atomic E-state index is 0.00314. The summed E-state index contributed by atoms with van der Waals surface area (Å²) in [6.45, 7) is 0.442. The van der Waals surface area contributed by atoms with Crippen molar-refractivity contribution in [1.82, 2.24) is 25.9 Å². The summed E-state index contributed by atoms with van der Waals surface area (Å²) in [5, 5.41) is 28.5. The molecule has 0 aliphatic carbocycles. The quantitative estimate of drug-likeness (QED) is 0.0749. The molecule has 0 aliphatic rings. The van der Waals surface area contributed by atoms with Crippen LogP contribution in [0.5, 0.6) is 0 Å². The number of benzene rings is 2. The maximum absolute atomic E-state index is 13.7. The first-order valence-electron chi connectivity index (χ1n) is 15.0. The van der Waals surface area contributed by atoms with E-state index >= 15 is 0 Å². The molecule has 0 aliphatic heterocycles. The Hall–Kier alpha value is -5.21. The summed E-state index contributed by atoms with van der Waals surface area (Å²) < 4.78 is 0. The third kappa shape index (κ3) is 8.70. The second kappa shape index (κ2) is 15.7. The zero-order chi connectivity index (χ0) is 33.2. The predicted molar refractivity (Wildman–Crippen MR) is 171 cm³/mol. The number of hydrogen-bond donors (Lipinski definition) is 9. The van der Waals surface area contributed by atoms with Gasteiger partial charge in [-0.15, -0.1) is 0 Å². The molecular formula is C32H39N7O7. The maximum atomic E-state index is 13.7. The number of carboxylic acid groups (broad SMARTS) is 2. The van der Waals surface area contributed by atoms with Gasteiger partial charge in [0.05, 0.1) is 12.5 Å². The number of aromatic amines is 2. The van der Waals surface area contributed by atoms with Gasteiger partial charge in [0, 0.05) is 47.0 Å². The Labute approximate surface area is 264 Å². The van der Waals surface area contributed by atoms with Gasteiger partial charge in [-0.25, -0.2) is 4.79 Å². The number of carbonyl (C=O) groups is 5. The van der Waals surface area contributed by atoms with Crippen LogP contribution in [0.15, 0.2) is 60.9 Å². The lowest BCUT2D eigenvalue weighted by Crippen LogP contribution is -2.58. The molecule has 4 rings (SSSR count). The third-order valence-corrected chi connectivity index (χ3v) is 7.76. The molecule has 11 N–H and O–H groups in total. The summed E-state index contributed by atoms with van der Waals surface area (Å²) in [7, 11) is 0. The molecule has 0 spiro atoms. The van der Waals surface area contributed by atoms with E-state index in [-0.39, 0.29) is 12.8 Å². The Bertz CT molecular complexity index is 1700. The van der Waals surface area contributed by atoms with Gasteiger partial charge in [0.15, 0.2) is 0 Å². The van der Waals surface area contributed by atoms with Crippen molar-refractivity contribution >= 4 is 51.5 Å². The van der Waals surface area contributed by atoms with E-state index in [2.05, 4.69) is 25.9 Å². The van der Waals surface area contributed by atoms with Crippen LogP contribution in [0.2, 0.25) is 0 Å². The molecule has 4 unspecified atom stereocenters. The van der Waals surface area contributed by atoms with E-state index < -0.39 is 60.2 Å². The number of carboxylic acids is 2. The zero-order valence-corrected chi connectivity index (χ0v) is 25.1. The standard InChI is InChI=1S/C32H39N7O7/c33-12-6-5-9-22(34)29(42)37-25(13-18-16-35-23-10-3-1-7-20(18)23)30(43)38-26(15-28(40)41)31(44)39-27(32(45)46)14-19-17-36-24-11-4-2-8-21(19)24/h1-4,7-8,10-11,16-17,22,25-27,35-36H,5-6,9,12-15,33-34H2,(H,37,42)(H,38,43)(H,39,44)(H,40,41)(H,45,46). The van der Waals surface area contributed by atoms with Crippen molar-refractivity contribution in [1.29, 1.82) is 0 Å². The summed E-state index contributed by atoms with van der Waals surface area (Å²) >= 11 is 0. The molecule has 4 aromatic rings. The summed E-state index contributed by atoms with van der Waals surface area (Å²) in [6.07, 6.45) is 4.02. The number of carbonyl (C=O) groups excluding carboxylic acids is 3. The van der Waals surface area contributed by atoms with Crippen LogP contribution in [0.25, 0.3) is 21.8 Å². The lowest BCUT2D eigenvalue weighted by atomic mass is 10.0. The van der Waals surface area contributed by atoms with Gasteiger partial charge in [0.25, 0.3) is 0 Å². The molecule has 46 heavy (non-hydrogen) atoms. The zero-order valence-electron chi connectivity index (χ0n) is 25.1. The van der Waals surface area contributed by atoms with Gasteiger partial charge >= 0.3 is 11.9 Å². The minimum atomic E-state index is -1.64. The highest BCUT2D eigenvalue weighted by atomic mass is 16.4. The van der Waals surface area contributed by atoms with Crippen molar-refractivity contribution in [3.63, 3.8) is 0 Å². The first kappa shape index (κ1) is 33.7. The Kier molecular flexibility index (Phi) is 11.5. The van der Waals surface area contributed by atoms with Gasteiger partial charge in [0.1, 0.15) is 18.1 Å². The van der Waals surface area contributed by atoms with E-state index in [1.165, 1.54) is 0 Å². The molecule has 14 nitrogen and oxygen atoms in total. The molecule has 2 aromatic heterocycles. The van der Waals surface area contributed by atoms with Crippen molar-refractivity contribution in [3.05, 3.63) is 72.1 Å². The second-order valence-electron chi connectivity index (χ2n) is 11.1. The fourth-order valence-electron chi connectivity index (χ4n) is 5.30. The average molecular weight is 634 g/mol. The van der Waals surface area contributed by atoms with Gasteiger partial charge in [0.2, 0.25) is 17.7 Å². The molecule has 2 aromatic carbocycles. The highest BCUT2D eigenvalue weighted by Crippen LogP contribution is 2.21. The van der Waals surface area contributed by atoms with Crippen molar-refractivity contribution < 1.29 is 34.2 Å². The summed E-state index contributed by atoms with van der Waals surface area (Å²) in [5.41, 5.74) is 14.5. The smallest absolute Gasteiger partial charge is 0.326 e. The fourth-order valence-corrected chi connectivity index (χ4v) is 5.30. The van der Waals surface area contributed by atoms with E-state index in [1.807, 2.05) is 42.5 Å². The lowest BCUT2D eigenvalue weighted by molar-refractivity contribution is -0.143. The van der Waals surface area contributed by atoms with Gasteiger partial charge < -0.3 is 47.6 Å². The molecule has 244 valence electrons. The highest BCUT2D eigenvalue weighted by molar-refractivity contribution is 5.96. The van der Waals surface area contributed by atoms with E-state index in [0.29, 0.717) is 36.9 Å². The van der Waals surface area contributed by atoms with Crippen LogP contribution < -0.4 is 27.4 Å². The number of aliphatic carboxylic acids is 2. The van der Waals surface area contributed by atoms with Crippen LogP contribution in [0, 0.1) is 0 Å². The topological polar surface area (TPSA) is 246 Å². The predicted octanol–water partition coefficient (Wildman–Crippen LogP) is 0.904. The Morgan fingerprint density at radius 3 is 1.74 bits per heavy atom. The van der Waals surface area contributed by atoms with E-state index in [4.69, 9.17) is 11.5 Å². The number of nitrogens with one attached hydrogen (secondary N) is 5. The van der Waals surface area contributed by atoms with Gasteiger partial charge in [-0.2, -0.15) is 0 Å². The number of H-pyrrole nitrogens is 2. The number of fused-ring (bicyclic) bond motifs is 2. The number of rotatable bonds is 17.